The van der Waals surface area contributed by atoms with Gasteiger partial charge in [0.1, 0.15) is 6.54 Å². The molecule has 1 heterocycles. The molecule has 0 aliphatic rings. The van der Waals surface area contributed by atoms with E-state index in [0.29, 0.717) is 11.4 Å². The number of halogens is 1. The number of benzene rings is 1. The fourth-order valence-corrected chi connectivity index (χ4v) is 2.01. The third-order valence-corrected chi connectivity index (χ3v) is 3.41. The first-order valence-corrected chi connectivity index (χ1v) is 6.21. The number of aromatic nitrogens is 2. The molecule has 1 aromatic carbocycles. The summed E-state index contributed by atoms with van der Waals surface area (Å²) in [5.74, 6) is 0.128. The minimum atomic E-state index is 0.128. The van der Waals surface area contributed by atoms with E-state index in [-0.39, 0.29) is 12.3 Å². The molecule has 2 rings (SSSR count). The summed E-state index contributed by atoms with van der Waals surface area (Å²) >= 11 is 6.05. The second-order valence-electron chi connectivity index (χ2n) is 4.34. The Hall–Kier alpha value is -1.61. The van der Waals surface area contributed by atoms with Crippen LogP contribution in [0, 0.1) is 13.8 Å². The average molecular weight is 263 g/mol. The van der Waals surface area contributed by atoms with Gasteiger partial charge in [-0.15, -0.1) is 0 Å². The molecule has 18 heavy (non-hydrogen) atoms. The number of rotatable bonds is 4. The number of carbonyl (C=O) groups excluding carboxylic acids is 1. The van der Waals surface area contributed by atoms with Crippen molar-refractivity contribution in [3.05, 3.63) is 52.3 Å². The summed E-state index contributed by atoms with van der Waals surface area (Å²) in [4.78, 5) is 12.0. The van der Waals surface area contributed by atoms with Crippen LogP contribution in [0.3, 0.4) is 0 Å². The van der Waals surface area contributed by atoms with Gasteiger partial charge in [0.2, 0.25) is 0 Å². The van der Waals surface area contributed by atoms with Crippen LogP contribution in [0.2, 0.25) is 5.02 Å². The van der Waals surface area contributed by atoms with Crippen LogP contribution in [-0.4, -0.2) is 15.6 Å². The molecule has 0 amide bonds. The van der Waals surface area contributed by atoms with Crippen LogP contribution in [0.15, 0.2) is 30.3 Å². The van der Waals surface area contributed by atoms with E-state index >= 15 is 0 Å². The van der Waals surface area contributed by atoms with Crippen molar-refractivity contribution < 1.29 is 4.79 Å². The van der Waals surface area contributed by atoms with Crippen molar-refractivity contribution in [2.24, 2.45) is 0 Å². The summed E-state index contributed by atoms with van der Waals surface area (Å²) < 4.78 is 1.67. The predicted octanol–water partition coefficient (Wildman–Crippen LogP) is 2.97. The van der Waals surface area contributed by atoms with Crippen molar-refractivity contribution in [1.29, 1.82) is 0 Å². The van der Waals surface area contributed by atoms with Gasteiger partial charge in [0, 0.05) is 6.42 Å². The largest absolute Gasteiger partial charge is 0.297 e. The van der Waals surface area contributed by atoms with Crippen molar-refractivity contribution in [1.82, 2.24) is 9.78 Å². The van der Waals surface area contributed by atoms with Crippen LogP contribution in [-0.2, 0) is 17.8 Å². The first-order valence-electron chi connectivity index (χ1n) is 5.83. The lowest BCUT2D eigenvalue weighted by molar-refractivity contribution is -0.119. The minimum Gasteiger partial charge on any atom is -0.297 e. The lowest BCUT2D eigenvalue weighted by Gasteiger charge is -2.04. The van der Waals surface area contributed by atoms with E-state index in [1.807, 2.05) is 44.2 Å². The van der Waals surface area contributed by atoms with Gasteiger partial charge >= 0.3 is 0 Å². The van der Waals surface area contributed by atoms with Gasteiger partial charge in [0.15, 0.2) is 5.78 Å². The van der Waals surface area contributed by atoms with E-state index in [2.05, 4.69) is 5.10 Å². The molecule has 0 saturated carbocycles. The van der Waals surface area contributed by atoms with Gasteiger partial charge in [0.05, 0.1) is 16.4 Å². The Morgan fingerprint density at radius 3 is 2.50 bits per heavy atom. The number of Topliss-reactive ketones (excluding diaryl/α,β-unsaturated/α-hetero) is 1. The molecule has 0 atom stereocenters. The van der Waals surface area contributed by atoms with Crippen molar-refractivity contribution in [3.8, 4) is 0 Å². The normalized spacial score (nSPS) is 10.6. The molecular weight excluding hydrogens is 248 g/mol. The molecule has 0 bridgehead atoms. The molecule has 0 unspecified atom stereocenters. The van der Waals surface area contributed by atoms with Crippen molar-refractivity contribution in [3.63, 3.8) is 0 Å². The number of hydrogen-bond acceptors (Lipinski definition) is 2. The van der Waals surface area contributed by atoms with E-state index in [4.69, 9.17) is 11.6 Å². The van der Waals surface area contributed by atoms with Crippen LogP contribution in [0.1, 0.15) is 17.0 Å². The summed E-state index contributed by atoms with van der Waals surface area (Å²) in [6.45, 7) is 3.99. The van der Waals surface area contributed by atoms with Crippen LogP contribution < -0.4 is 0 Å². The van der Waals surface area contributed by atoms with E-state index in [1.54, 1.807) is 4.68 Å². The Morgan fingerprint density at radius 1 is 1.28 bits per heavy atom. The highest BCUT2D eigenvalue weighted by atomic mass is 35.5. The summed E-state index contributed by atoms with van der Waals surface area (Å²) in [5, 5.41) is 4.90. The molecule has 94 valence electrons. The van der Waals surface area contributed by atoms with Gasteiger partial charge in [-0.2, -0.15) is 5.10 Å². The fraction of sp³-hybridized carbons (Fsp3) is 0.286. The number of nitrogens with zero attached hydrogens (tertiary/aromatic N) is 2. The number of hydrogen-bond donors (Lipinski definition) is 0. The minimum absolute atomic E-state index is 0.128. The molecule has 0 spiro atoms. The van der Waals surface area contributed by atoms with E-state index in [9.17, 15) is 4.79 Å². The van der Waals surface area contributed by atoms with Crippen molar-refractivity contribution >= 4 is 17.4 Å². The van der Waals surface area contributed by atoms with Gasteiger partial charge in [-0.05, 0) is 19.4 Å². The topological polar surface area (TPSA) is 34.9 Å². The molecule has 0 N–H and O–H groups in total. The second kappa shape index (κ2) is 5.36. The second-order valence-corrected chi connectivity index (χ2v) is 4.72. The zero-order chi connectivity index (χ0) is 13.1. The maximum absolute atomic E-state index is 12.0. The fourth-order valence-electron chi connectivity index (χ4n) is 1.88. The highest BCUT2D eigenvalue weighted by Gasteiger charge is 2.12. The molecular formula is C14H15ClN2O. The Morgan fingerprint density at radius 2 is 1.94 bits per heavy atom. The molecule has 0 fully saturated rings. The molecule has 1 aromatic heterocycles. The van der Waals surface area contributed by atoms with Gasteiger partial charge < -0.3 is 0 Å². The molecule has 0 aliphatic carbocycles. The monoisotopic (exact) mass is 262 g/mol. The van der Waals surface area contributed by atoms with Crippen LogP contribution in [0.4, 0.5) is 0 Å². The quantitative estimate of drug-likeness (QED) is 0.849. The molecule has 0 radical (unpaired) electrons. The van der Waals surface area contributed by atoms with Gasteiger partial charge in [-0.25, -0.2) is 0 Å². The number of carbonyl (C=O) groups is 1. The Labute approximate surface area is 111 Å². The Kier molecular flexibility index (Phi) is 3.82. The lowest BCUT2D eigenvalue weighted by atomic mass is 10.1. The lowest BCUT2D eigenvalue weighted by Crippen LogP contribution is -2.14. The third-order valence-electron chi connectivity index (χ3n) is 2.86. The number of ketones is 1. The van der Waals surface area contributed by atoms with Crippen LogP contribution >= 0.6 is 11.6 Å². The Balaban J connectivity index is 2.06. The third kappa shape index (κ3) is 2.79. The highest BCUT2D eigenvalue weighted by Crippen LogP contribution is 2.18. The average Bonchev–Trinajstić information content (AvgIpc) is 2.58. The molecule has 0 saturated heterocycles. The summed E-state index contributed by atoms with van der Waals surface area (Å²) in [6, 6.07) is 9.71. The van der Waals surface area contributed by atoms with Crippen molar-refractivity contribution in [2.75, 3.05) is 0 Å². The molecule has 4 heteroatoms. The standard InChI is InChI=1S/C14H15ClN2O/c1-10-14(15)11(2)17(16-10)9-13(18)8-12-6-4-3-5-7-12/h3-7H,8-9H2,1-2H3. The van der Waals surface area contributed by atoms with Crippen LogP contribution in [0.5, 0.6) is 0 Å². The van der Waals surface area contributed by atoms with E-state index in [0.717, 1.165) is 17.0 Å². The van der Waals surface area contributed by atoms with E-state index in [1.165, 1.54) is 0 Å². The maximum atomic E-state index is 12.0. The van der Waals surface area contributed by atoms with E-state index < -0.39 is 0 Å². The van der Waals surface area contributed by atoms with Gasteiger partial charge in [-0.3, -0.25) is 9.48 Å². The highest BCUT2D eigenvalue weighted by molar-refractivity contribution is 6.31. The van der Waals surface area contributed by atoms with Crippen LogP contribution in [0.25, 0.3) is 0 Å². The number of aryl methyl sites for hydroxylation is 1. The summed E-state index contributed by atoms with van der Waals surface area (Å²) in [6.07, 6.45) is 0.427. The maximum Gasteiger partial charge on any atom is 0.158 e. The summed E-state index contributed by atoms with van der Waals surface area (Å²) in [5.41, 5.74) is 2.63. The van der Waals surface area contributed by atoms with Gasteiger partial charge in [0.25, 0.3) is 0 Å². The Bertz CT molecular complexity index is 561. The first kappa shape index (κ1) is 12.8. The smallest absolute Gasteiger partial charge is 0.158 e. The zero-order valence-corrected chi connectivity index (χ0v) is 11.2. The van der Waals surface area contributed by atoms with Crippen molar-refractivity contribution in [2.45, 2.75) is 26.8 Å². The molecule has 3 nitrogen and oxygen atoms in total. The van der Waals surface area contributed by atoms with Gasteiger partial charge in [-0.1, -0.05) is 41.9 Å². The summed E-state index contributed by atoms with van der Waals surface area (Å²) in [7, 11) is 0. The SMILES string of the molecule is Cc1nn(CC(=O)Cc2ccccc2)c(C)c1Cl. The first-order chi connectivity index (χ1) is 8.58. The molecule has 0 aliphatic heterocycles. The molecule has 2 aromatic rings. The predicted molar refractivity (Wildman–Crippen MR) is 71.9 cm³/mol. The zero-order valence-electron chi connectivity index (χ0n) is 10.5.